The summed E-state index contributed by atoms with van der Waals surface area (Å²) in [7, 11) is -6.49. The molecule has 238 valence electrons. The van der Waals surface area contributed by atoms with Crippen LogP contribution in [0, 0.1) is 5.82 Å². The first-order valence-corrected chi connectivity index (χ1v) is 18.5. The van der Waals surface area contributed by atoms with E-state index in [4.69, 9.17) is 0 Å². The number of fused-ring (bicyclic) bond motifs is 1. The second-order valence-electron chi connectivity index (χ2n) is 11.3. The molecule has 1 aromatic heterocycles. The molecule has 0 atom stereocenters. The topological polar surface area (TPSA) is 118 Å². The summed E-state index contributed by atoms with van der Waals surface area (Å²) in [6.07, 6.45) is 16.4. The average molecular weight is 636 g/mol. The lowest BCUT2D eigenvalue weighted by Crippen LogP contribution is -2.25. The summed E-state index contributed by atoms with van der Waals surface area (Å²) < 4.78 is 74.0. The van der Waals surface area contributed by atoms with Crippen molar-refractivity contribution in [1.82, 2.24) is 9.40 Å². The Morgan fingerprint density at radius 3 is 1.84 bits per heavy atom. The first-order chi connectivity index (χ1) is 20.5. The van der Waals surface area contributed by atoms with Crippen molar-refractivity contribution in [3.05, 3.63) is 59.7 Å². The summed E-state index contributed by atoms with van der Waals surface area (Å²) in [4.78, 5) is 1.96. The fourth-order valence-electron chi connectivity index (χ4n) is 5.25. The minimum absolute atomic E-state index is 0.0752. The predicted octanol–water partition coefficient (Wildman–Crippen LogP) is 7.45. The zero-order valence-corrected chi connectivity index (χ0v) is 27.0. The molecule has 0 saturated heterocycles. The van der Waals surface area contributed by atoms with Gasteiger partial charge in [0.2, 0.25) is 10.0 Å². The maximum Gasteiger partial charge on any atom is 0.294 e. The van der Waals surface area contributed by atoms with Crippen LogP contribution in [-0.4, -0.2) is 31.7 Å². The van der Waals surface area contributed by atoms with Crippen LogP contribution in [0.4, 0.5) is 4.39 Å². The van der Waals surface area contributed by atoms with Gasteiger partial charge in [-0.2, -0.15) is 13.5 Å². The first-order valence-electron chi connectivity index (χ1n) is 15.4. The molecule has 3 aromatic rings. The molecule has 0 aliphatic heterocycles. The maximum atomic E-state index is 13.5. The van der Waals surface area contributed by atoms with Crippen molar-refractivity contribution in [2.75, 3.05) is 5.75 Å². The van der Waals surface area contributed by atoms with Gasteiger partial charge in [-0.15, -0.1) is 0 Å². The lowest BCUT2D eigenvalue weighted by molar-refractivity contribution is 0.483. The Balaban J connectivity index is 1.59. The van der Waals surface area contributed by atoms with Gasteiger partial charge in [-0.1, -0.05) is 90.4 Å². The monoisotopic (exact) mass is 635 g/mol. The first kappa shape index (κ1) is 34.7. The molecular weight excluding hydrogens is 590 g/mol. The molecule has 3 rings (SSSR count). The van der Waals surface area contributed by atoms with Crippen LogP contribution in [-0.2, 0) is 27.2 Å². The Kier molecular flexibility index (Phi) is 13.7. The van der Waals surface area contributed by atoms with Crippen molar-refractivity contribution < 1.29 is 25.8 Å². The number of halogens is 1. The number of hydrogen-bond donors (Lipinski definition) is 2. The quantitative estimate of drug-likeness (QED) is 0.0806. The van der Waals surface area contributed by atoms with Gasteiger partial charge in [-0.25, -0.2) is 17.6 Å². The van der Waals surface area contributed by atoms with Crippen LogP contribution < -0.4 is 10.2 Å². The summed E-state index contributed by atoms with van der Waals surface area (Å²) in [6.45, 7) is 2.24. The van der Waals surface area contributed by atoms with E-state index in [1.165, 1.54) is 94.5 Å². The van der Waals surface area contributed by atoms with Gasteiger partial charge in [0.1, 0.15) is 5.82 Å². The Labute approximate surface area is 256 Å². The van der Waals surface area contributed by atoms with E-state index in [1.807, 2.05) is 0 Å². The van der Waals surface area contributed by atoms with Crippen molar-refractivity contribution >= 4 is 31.0 Å². The third-order valence-corrected chi connectivity index (χ3v) is 9.80. The molecule has 0 radical (unpaired) electrons. The molecule has 11 heteroatoms. The van der Waals surface area contributed by atoms with Gasteiger partial charge >= 0.3 is 0 Å². The maximum absolute atomic E-state index is 13.5. The molecule has 0 aliphatic carbocycles. The van der Waals surface area contributed by atoms with E-state index in [1.54, 1.807) is 29.8 Å². The number of benzene rings is 2. The van der Waals surface area contributed by atoms with Crippen LogP contribution in [0.25, 0.3) is 22.2 Å². The molecule has 8 nitrogen and oxygen atoms in total. The van der Waals surface area contributed by atoms with Crippen LogP contribution in [0.1, 0.15) is 96.8 Å². The minimum Gasteiger partial charge on any atom is -0.344 e. The van der Waals surface area contributed by atoms with Crippen LogP contribution in [0.3, 0.4) is 0 Å². The second-order valence-corrected chi connectivity index (χ2v) is 14.5. The van der Waals surface area contributed by atoms with Gasteiger partial charge in [0, 0.05) is 12.4 Å². The highest BCUT2D eigenvalue weighted by atomic mass is 32.2. The van der Waals surface area contributed by atoms with Crippen molar-refractivity contribution in [2.24, 2.45) is 12.1 Å². The zero-order valence-electron chi connectivity index (χ0n) is 25.4. The molecule has 0 saturated carbocycles. The molecule has 0 aliphatic rings. The van der Waals surface area contributed by atoms with Crippen LogP contribution in [0.15, 0.2) is 58.5 Å². The molecule has 0 fully saturated rings. The molecule has 2 aromatic carbocycles. The largest absolute Gasteiger partial charge is 0.344 e. The van der Waals surface area contributed by atoms with Crippen LogP contribution in [0.2, 0.25) is 0 Å². The fraction of sp³-hybridized carbons (Fsp3) is 0.531. The molecular formula is C32H46FN3O5S2. The number of aromatic nitrogens is 1. The average Bonchev–Trinajstić information content (AvgIpc) is 2.97. The summed E-state index contributed by atoms with van der Waals surface area (Å²) in [5, 5.41) is 4.65. The molecule has 0 unspecified atom stereocenters. The number of nitrogens with one attached hydrogen (secondary N) is 1. The van der Waals surface area contributed by atoms with Gasteiger partial charge in [0.25, 0.3) is 10.1 Å². The lowest BCUT2D eigenvalue weighted by atomic mass is 10.0. The molecule has 43 heavy (non-hydrogen) atoms. The normalized spacial score (nSPS) is 12.7. The highest BCUT2D eigenvalue weighted by molar-refractivity contribution is 7.89. The number of nitrogens with zero attached hydrogens (tertiary/aromatic N) is 2. The van der Waals surface area contributed by atoms with Crippen molar-refractivity contribution in [2.45, 2.75) is 102 Å². The number of pyridine rings is 1. The summed E-state index contributed by atoms with van der Waals surface area (Å²) in [5.74, 6) is -0.472. The van der Waals surface area contributed by atoms with E-state index in [0.29, 0.717) is 28.6 Å². The lowest BCUT2D eigenvalue weighted by Gasteiger charge is -2.14. The highest BCUT2D eigenvalue weighted by Crippen LogP contribution is 2.24. The van der Waals surface area contributed by atoms with E-state index in [0.717, 1.165) is 19.3 Å². The van der Waals surface area contributed by atoms with Gasteiger partial charge < -0.3 is 4.57 Å². The number of sulfonamides is 1. The smallest absolute Gasteiger partial charge is 0.294 e. The summed E-state index contributed by atoms with van der Waals surface area (Å²) in [5.41, 5.74) is 1.81. The number of unbranched alkanes of at least 4 members (excludes halogenated alkanes) is 13. The van der Waals surface area contributed by atoms with Gasteiger partial charge in [-0.3, -0.25) is 4.55 Å². The van der Waals surface area contributed by atoms with Crippen LogP contribution >= 0.6 is 0 Å². The minimum atomic E-state index is -4.50. The van der Waals surface area contributed by atoms with E-state index in [2.05, 4.69) is 16.9 Å². The van der Waals surface area contributed by atoms with Crippen molar-refractivity contribution in [3.63, 3.8) is 0 Å². The zero-order chi connectivity index (χ0) is 31.3. The third-order valence-electron chi connectivity index (χ3n) is 7.75. The predicted molar refractivity (Wildman–Crippen MR) is 171 cm³/mol. The Morgan fingerprint density at radius 2 is 1.30 bits per heavy atom. The van der Waals surface area contributed by atoms with Crippen molar-refractivity contribution in [3.8, 4) is 11.3 Å². The fourth-order valence-corrected chi connectivity index (χ4v) is 6.67. The SMILES string of the molecule is CCCCCCCCCCCCCCCCS(=O)(=O)N/N=c1\cc(-c2ccc(F)cc2)n(C)c2ccc(S(=O)(=O)O)cc12. The van der Waals surface area contributed by atoms with E-state index in [-0.39, 0.29) is 16.0 Å². The Morgan fingerprint density at radius 1 is 0.767 bits per heavy atom. The second kappa shape index (κ2) is 16.9. The van der Waals surface area contributed by atoms with Gasteiger partial charge in [0.15, 0.2) is 0 Å². The summed E-state index contributed by atoms with van der Waals surface area (Å²) in [6, 6.07) is 11.4. The van der Waals surface area contributed by atoms with E-state index in [9.17, 15) is 25.8 Å². The third kappa shape index (κ3) is 11.4. The Bertz CT molecular complexity index is 1600. The van der Waals surface area contributed by atoms with Crippen molar-refractivity contribution in [1.29, 1.82) is 0 Å². The molecule has 2 N–H and O–H groups in total. The van der Waals surface area contributed by atoms with E-state index >= 15 is 0 Å². The number of hydrogen-bond acceptors (Lipinski definition) is 5. The highest BCUT2D eigenvalue weighted by Gasteiger charge is 2.15. The molecule has 0 spiro atoms. The number of aryl methyl sites for hydroxylation is 1. The van der Waals surface area contributed by atoms with E-state index < -0.39 is 26.0 Å². The summed E-state index contributed by atoms with van der Waals surface area (Å²) >= 11 is 0. The molecule has 1 heterocycles. The molecule has 0 bridgehead atoms. The van der Waals surface area contributed by atoms with Gasteiger partial charge in [-0.05, 0) is 60.5 Å². The molecule has 0 amide bonds. The van der Waals surface area contributed by atoms with Crippen LogP contribution in [0.5, 0.6) is 0 Å². The van der Waals surface area contributed by atoms with Gasteiger partial charge in [0.05, 0.1) is 27.2 Å². The number of rotatable bonds is 19. The standard InChI is InChI=1S/C32H46FN3O5S2/c1-3-4-5-6-7-8-9-10-11-12-13-14-15-16-23-42(37,38)35-34-30-25-32(26-17-19-27(33)20-18-26)36(2)31-22-21-28(24-29(30)31)43(39,40)41/h17-22,24-25,35H,3-16,23H2,1-2H3,(H,39,40,41)/b34-30+. The Hall–Kier alpha value is -2.76.